The number of nitrogens with one attached hydrogen (secondary N) is 1. The maximum atomic E-state index is 11.9. The quantitative estimate of drug-likeness (QED) is 0.898. The zero-order valence-electron chi connectivity index (χ0n) is 10.9. The Balaban J connectivity index is 1.75. The van der Waals surface area contributed by atoms with E-state index in [4.69, 9.17) is 0 Å². The van der Waals surface area contributed by atoms with Gasteiger partial charge >= 0.3 is 0 Å². The molecule has 1 fully saturated rings. The lowest BCUT2D eigenvalue weighted by Gasteiger charge is -2.21. The van der Waals surface area contributed by atoms with E-state index in [9.17, 15) is 10.1 Å². The van der Waals surface area contributed by atoms with Gasteiger partial charge in [0.15, 0.2) is 0 Å². The highest BCUT2D eigenvalue weighted by molar-refractivity contribution is 7.99. The van der Waals surface area contributed by atoms with Crippen LogP contribution in [0.25, 0.3) is 0 Å². The van der Waals surface area contributed by atoms with Crippen molar-refractivity contribution in [1.82, 2.24) is 5.32 Å². The van der Waals surface area contributed by atoms with Crippen molar-refractivity contribution in [3.63, 3.8) is 0 Å². The SMILES string of the molecule is N#CC1(NC(=O)CSCc2ccccc2)CCCC1. The minimum atomic E-state index is -0.593. The topological polar surface area (TPSA) is 52.9 Å². The highest BCUT2D eigenvalue weighted by Crippen LogP contribution is 2.29. The van der Waals surface area contributed by atoms with E-state index < -0.39 is 5.54 Å². The molecule has 1 aromatic carbocycles. The van der Waals surface area contributed by atoms with Gasteiger partial charge in [-0.15, -0.1) is 11.8 Å². The van der Waals surface area contributed by atoms with Gasteiger partial charge in [0.1, 0.15) is 5.54 Å². The van der Waals surface area contributed by atoms with Crippen LogP contribution in [0.1, 0.15) is 31.2 Å². The predicted molar refractivity (Wildman–Crippen MR) is 77.6 cm³/mol. The first-order valence-corrected chi connectivity index (χ1v) is 7.73. The second-order valence-corrected chi connectivity index (χ2v) is 5.91. The van der Waals surface area contributed by atoms with Crippen molar-refractivity contribution in [2.45, 2.75) is 37.0 Å². The van der Waals surface area contributed by atoms with Crippen molar-refractivity contribution in [3.8, 4) is 6.07 Å². The molecule has 1 aliphatic carbocycles. The summed E-state index contributed by atoms with van der Waals surface area (Å²) in [6, 6.07) is 12.4. The number of nitriles is 1. The van der Waals surface area contributed by atoms with Gasteiger partial charge in [0.2, 0.25) is 5.91 Å². The van der Waals surface area contributed by atoms with Crippen molar-refractivity contribution in [2.24, 2.45) is 0 Å². The zero-order chi connectivity index (χ0) is 13.6. The molecule has 1 aliphatic rings. The van der Waals surface area contributed by atoms with Gasteiger partial charge in [-0.1, -0.05) is 30.3 Å². The van der Waals surface area contributed by atoms with Gasteiger partial charge < -0.3 is 5.32 Å². The summed E-state index contributed by atoms with van der Waals surface area (Å²) >= 11 is 1.59. The molecule has 3 nitrogen and oxygen atoms in total. The Labute approximate surface area is 118 Å². The molecule has 0 spiro atoms. The summed E-state index contributed by atoms with van der Waals surface area (Å²) in [6.45, 7) is 0. The highest BCUT2D eigenvalue weighted by atomic mass is 32.2. The number of rotatable bonds is 5. The maximum absolute atomic E-state index is 11.9. The van der Waals surface area contributed by atoms with Gasteiger partial charge in [-0.2, -0.15) is 5.26 Å². The first kappa shape index (κ1) is 14.0. The summed E-state index contributed by atoms with van der Waals surface area (Å²) in [6.07, 6.45) is 3.65. The Bertz CT molecular complexity index is 461. The maximum Gasteiger partial charge on any atom is 0.231 e. The Morgan fingerprint density at radius 2 is 2.00 bits per heavy atom. The summed E-state index contributed by atoms with van der Waals surface area (Å²) in [5.74, 6) is 1.22. The number of hydrogen-bond acceptors (Lipinski definition) is 3. The summed E-state index contributed by atoms with van der Waals surface area (Å²) in [5.41, 5.74) is 0.626. The van der Waals surface area contributed by atoms with Gasteiger partial charge in [0.05, 0.1) is 11.8 Å². The van der Waals surface area contributed by atoms with Crippen LogP contribution < -0.4 is 5.32 Å². The third-order valence-corrected chi connectivity index (χ3v) is 4.40. The zero-order valence-corrected chi connectivity index (χ0v) is 11.7. The molecule has 4 heteroatoms. The predicted octanol–water partition coefficient (Wildman–Crippen LogP) is 2.87. The molecule has 19 heavy (non-hydrogen) atoms. The monoisotopic (exact) mass is 274 g/mol. The van der Waals surface area contributed by atoms with Crippen molar-refractivity contribution in [3.05, 3.63) is 35.9 Å². The van der Waals surface area contributed by atoms with E-state index in [0.717, 1.165) is 31.4 Å². The van der Waals surface area contributed by atoms with E-state index in [-0.39, 0.29) is 5.91 Å². The molecular weight excluding hydrogens is 256 g/mol. The minimum Gasteiger partial charge on any atom is -0.337 e. The van der Waals surface area contributed by atoms with Crippen LogP contribution in [0, 0.1) is 11.3 Å². The summed E-state index contributed by atoms with van der Waals surface area (Å²) in [4.78, 5) is 11.9. The summed E-state index contributed by atoms with van der Waals surface area (Å²) in [7, 11) is 0. The summed E-state index contributed by atoms with van der Waals surface area (Å²) < 4.78 is 0. The second-order valence-electron chi connectivity index (χ2n) is 4.93. The fourth-order valence-corrected chi connectivity index (χ4v) is 3.17. The van der Waals surface area contributed by atoms with E-state index in [1.165, 1.54) is 5.56 Å². The molecular formula is C15H18N2OS. The van der Waals surface area contributed by atoms with Crippen molar-refractivity contribution in [2.75, 3.05) is 5.75 Å². The number of thioether (sulfide) groups is 1. The van der Waals surface area contributed by atoms with Gasteiger partial charge in [-0.3, -0.25) is 4.79 Å². The first-order valence-electron chi connectivity index (χ1n) is 6.58. The molecule has 1 saturated carbocycles. The third kappa shape index (κ3) is 4.00. The number of amides is 1. The molecule has 2 rings (SSSR count). The average molecular weight is 274 g/mol. The van der Waals surface area contributed by atoms with Crippen molar-refractivity contribution in [1.29, 1.82) is 5.26 Å². The lowest BCUT2D eigenvalue weighted by atomic mass is 10.0. The lowest BCUT2D eigenvalue weighted by molar-refractivity contribution is -0.119. The Kier molecular flexibility index (Phi) is 4.86. The van der Waals surface area contributed by atoms with Crippen LogP contribution in [0.4, 0.5) is 0 Å². The molecule has 0 radical (unpaired) electrons. The fraction of sp³-hybridized carbons (Fsp3) is 0.467. The number of carbonyl (C=O) groups excluding carboxylic acids is 1. The molecule has 0 heterocycles. The lowest BCUT2D eigenvalue weighted by Crippen LogP contribution is -2.45. The van der Waals surface area contributed by atoms with Crippen LogP contribution in [-0.2, 0) is 10.5 Å². The number of carbonyl (C=O) groups is 1. The van der Waals surface area contributed by atoms with E-state index >= 15 is 0 Å². The molecule has 0 unspecified atom stereocenters. The standard InChI is InChI=1S/C15H18N2OS/c16-12-15(8-4-5-9-15)17-14(18)11-19-10-13-6-2-1-3-7-13/h1-3,6-7H,4-5,8-11H2,(H,17,18). The summed E-state index contributed by atoms with van der Waals surface area (Å²) in [5, 5.41) is 12.1. The van der Waals surface area contributed by atoms with Crippen LogP contribution in [0.2, 0.25) is 0 Å². The van der Waals surface area contributed by atoms with Gasteiger partial charge in [-0.25, -0.2) is 0 Å². The van der Waals surface area contributed by atoms with Gasteiger partial charge in [0, 0.05) is 5.75 Å². The smallest absolute Gasteiger partial charge is 0.231 e. The molecule has 1 aromatic rings. The van der Waals surface area contributed by atoms with E-state index in [0.29, 0.717) is 5.75 Å². The van der Waals surface area contributed by atoms with Gasteiger partial charge in [-0.05, 0) is 31.2 Å². The first-order chi connectivity index (χ1) is 9.24. The van der Waals surface area contributed by atoms with E-state index in [1.807, 2.05) is 18.2 Å². The van der Waals surface area contributed by atoms with E-state index in [2.05, 4.69) is 23.5 Å². The molecule has 0 atom stereocenters. The normalized spacial score (nSPS) is 16.8. The molecule has 1 amide bonds. The Hall–Kier alpha value is -1.47. The minimum absolute atomic E-state index is 0.0237. The van der Waals surface area contributed by atoms with Crippen molar-refractivity contribution >= 4 is 17.7 Å². The number of benzene rings is 1. The molecule has 1 N–H and O–H groups in total. The molecule has 0 bridgehead atoms. The van der Waals surface area contributed by atoms with Crippen molar-refractivity contribution < 1.29 is 4.79 Å². The average Bonchev–Trinajstić information content (AvgIpc) is 2.89. The molecule has 0 saturated heterocycles. The fourth-order valence-electron chi connectivity index (χ4n) is 2.38. The molecule has 0 aromatic heterocycles. The van der Waals surface area contributed by atoms with E-state index in [1.54, 1.807) is 11.8 Å². The Morgan fingerprint density at radius 1 is 1.32 bits per heavy atom. The van der Waals surface area contributed by atoms with Crippen LogP contribution in [0.15, 0.2) is 30.3 Å². The largest absolute Gasteiger partial charge is 0.337 e. The molecule has 100 valence electrons. The van der Waals surface area contributed by atoms with Crippen LogP contribution in [0.5, 0.6) is 0 Å². The van der Waals surface area contributed by atoms with Gasteiger partial charge in [0.25, 0.3) is 0 Å². The van der Waals surface area contributed by atoms with Crippen LogP contribution >= 0.6 is 11.8 Å². The number of hydrogen-bond donors (Lipinski definition) is 1. The molecule has 0 aliphatic heterocycles. The second kappa shape index (κ2) is 6.63. The van der Waals surface area contributed by atoms with Crippen LogP contribution in [0.3, 0.4) is 0 Å². The van der Waals surface area contributed by atoms with Crippen LogP contribution in [-0.4, -0.2) is 17.2 Å². The third-order valence-electron chi connectivity index (χ3n) is 3.39. The highest BCUT2D eigenvalue weighted by Gasteiger charge is 2.35. The Morgan fingerprint density at radius 3 is 2.63 bits per heavy atom. The number of nitrogens with zero attached hydrogens (tertiary/aromatic N) is 1.